The van der Waals surface area contributed by atoms with Crippen molar-refractivity contribution in [1.82, 2.24) is 29.6 Å². The van der Waals surface area contributed by atoms with Gasteiger partial charge in [-0.25, -0.2) is 14.6 Å². The molecule has 0 saturated heterocycles. The number of hydrogen-bond donors (Lipinski definition) is 1. The lowest BCUT2D eigenvalue weighted by Gasteiger charge is -2.12. The molecule has 0 bridgehead atoms. The minimum atomic E-state index is -0.249. The first kappa shape index (κ1) is 18.8. The molecular formula is C20H26N6O. The van der Waals surface area contributed by atoms with Gasteiger partial charge in [0.05, 0.1) is 5.69 Å². The summed E-state index contributed by atoms with van der Waals surface area (Å²) in [6.07, 6.45) is 4.54. The quantitative estimate of drug-likeness (QED) is 0.652. The van der Waals surface area contributed by atoms with Gasteiger partial charge in [0.25, 0.3) is 5.91 Å². The molecule has 0 saturated carbocycles. The lowest BCUT2D eigenvalue weighted by molar-refractivity contribution is 0.0942. The van der Waals surface area contributed by atoms with Crippen molar-refractivity contribution < 1.29 is 4.79 Å². The highest BCUT2D eigenvalue weighted by Gasteiger charge is 2.17. The fraction of sp³-hybridized carbons (Fsp3) is 0.400. The van der Waals surface area contributed by atoms with Crippen molar-refractivity contribution in [2.45, 2.75) is 46.6 Å². The molecular weight excluding hydrogens is 340 g/mol. The van der Waals surface area contributed by atoms with Crippen LogP contribution in [0.4, 0.5) is 0 Å². The molecule has 142 valence electrons. The second kappa shape index (κ2) is 8.16. The first-order valence-corrected chi connectivity index (χ1v) is 9.26. The normalized spacial score (nSPS) is 11.1. The number of benzene rings is 1. The van der Waals surface area contributed by atoms with Crippen LogP contribution >= 0.6 is 0 Å². The van der Waals surface area contributed by atoms with E-state index in [9.17, 15) is 4.79 Å². The van der Waals surface area contributed by atoms with Crippen molar-refractivity contribution in [3.8, 4) is 5.69 Å². The van der Waals surface area contributed by atoms with Gasteiger partial charge in [0.15, 0.2) is 0 Å². The summed E-state index contributed by atoms with van der Waals surface area (Å²) < 4.78 is 3.81. The highest BCUT2D eigenvalue weighted by molar-refractivity contribution is 5.90. The second-order valence-electron chi connectivity index (χ2n) is 6.89. The predicted molar refractivity (Wildman–Crippen MR) is 104 cm³/mol. The van der Waals surface area contributed by atoms with Gasteiger partial charge in [-0.2, -0.15) is 0 Å². The van der Waals surface area contributed by atoms with Gasteiger partial charge in [-0.05, 0) is 37.8 Å². The molecule has 0 aliphatic rings. The summed E-state index contributed by atoms with van der Waals surface area (Å²) in [5.74, 6) is 1.98. The Morgan fingerprint density at radius 1 is 1.19 bits per heavy atom. The molecule has 0 radical (unpaired) electrons. The summed E-state index contributed by atoms with van der Waals surface area (Å²) in [5.41, 5.74) is 2.14. The van der Waals surface area contributed by atoms with E-state index in [-0.39, 0.29) is 11.7 Å². The van der Waals surface area contributed by atoms with Crippen molar-refractivity contribution in [2.24, 2.45) is 0 Å². The highest BCUT2D eigenvalue weighted by Crippen LogP contribution is 2.23. The molecule has 27 heavy (non-hydrogen) atoms. The van der Waals surface area contributed by atoms with Crippen molar-refractivity contribution in [2.75, 3.05) is 6.54 Å². The second-order valence-corrected chi connectivity index (χ2v) is 6.89. The number of nitrogens with one attached hydrogen (secondary N) is 1. The first-order valence-electron chi connectivity index (χ1n) is 9.26. The van der Waals surface area contributed by atoms with Gasteiger partial charge >= 0.3 is 0 Å². The van der Waals surface area contributed by atoms with Gasteiger partial charge in [-0.3, -0.25) is 4.79 Å². The van der Waals surface area contributed by atoms with Crippen LogP contribution in [0.1, 0.15) is 54.0 Å². The van der Waals surface area contributed by atoms with Crippen LogP contribution < -0.4 is 5.32 Å². The maximum absolute atomic E-state index is 12.4. The zero-order valence-electron chi connectivity index (χ0n) is 16.3. The Labute approximate surface area is 159 Å². The Kier molecular flexibility index (Phi) is 5.69. The smallest absolute Gasteiger partial charge is 0.290 e. The summed E-state index contributed by atoms with van der Waals surface area (Å²) in [7, 11) is 0. The van der Waals surface area contributed by atoms with E-state index in [2.05, 4.69) is 44.9 Å². The number of hydrogen-bond acceptors (Lipinski definition) is 4. The van der Waals surface area contributed by atoms with E-state index in [0.717, 1.165) is 24.5 Å². The molecule has 3 rings (SSSR count). The molecule has 1 amide bonds. The number of carbonyl (C=O) groups is 1. The fourth-order valence-electron chi connectivity index (χ4n) is 3.05. The summed E-state index contributed by atoms with van der Waals surface area (Å²) in [6, 6.07) is 8.08. The molecule has 0 unspecified atom stereocenters. The lowest BCUT2D eigenvalue weighted by Crippen LogP contribution is -2.26. The van der Waals surface area contributed by atoms with Crippen LogP contribution in [-0.2, 0) is 6.54 Å². The van der Waals surface area contributed by atoms with E-state index in [1.54, 1.807) is 10.9 Å². The molecule has 0 atom stereocenters. The van der Waals surface area contributed by atoms with Crippen LogP contribution in [0.5, 0.6) is 0 Å². The van der Waals surface area contributed by atoms with Gasteiger partial charge < -0.3 is 9.88 Å². The fourth-order valence-corrected chi connectivity index (χ4v) is 3.05. The molecule has 0 spiro atoms. The number of rotatable bonds is 7. The Bertz CT molecular complexity index is 924. The third-order valence-corrected chi connectivity index (χ3v) is 4.54. The lowest BCUT2D eigenvalue weighted by atomic mass is 10.0. The molecule has 3 aromatic rings. The van der Waals surface area contributed by atoms with Crippen LogP contribution in [0.15, 0.2) is 36.7 Å². The average Bonchev–Trinajstić information content (AvgIpc) is 3.24. The highest BCUT2D eigenvalue weighted by atomic mass is 16.2. The maximum Gasteiger partial charge on any atom is 0.290 e. The Hall–Kier alpha value is -2.96. The van der Waals surface area contributed by atoms with Crippen LogP contribution in [0.25, 0.3) is 5.69 Å². The van der Waals surface area contributed by atoms with Gasteiger partial charge in [-0.15, -0.1) is 5.10 Å². The van der Waals surface area contributed by atoms with Crippen molar-refractivity contribution in [1.29, 1.82) is 0 Å². The van der Waals surface area contributed by atoms with Crippen molar-refractivity contribution in [3.63, 3.8) is 0 Å². The van der Waals surface area contributed by atoms with Crippen LogP contribution in [0.3, 0.4) is 0 Å². The third-order valence-electron chi connectivity index (χ3n) is 4.54. The number of nitrogens with zero attached hydrogens (tertiary/aromatic N) is 5. The van der Waals surface area contributed by atoms with Gasteiger partial charge in [0.2, 0.25) is 5.82 Å². The number of aryl methyl sites for hydroxylation is 3. The van der Waals surface area contributed by atoms with E-state index < -0.39 is 0 Å². The predicted octanol–water partition coefficient (Wildman–Crippen LogP) is 3.02. The van der Waals surface area contributed by atoms with Crippen LogP contribution in [0, 0.1) is 13.8 Å². The largest absolute Gasteiger partial charge is 0.349 e. The average molecular weight is 366 g/mol. The summed E-state index contributed by atoms with van der Waals surface area (Å²) in [6.45, 7) is 9.48. The van der Waals surface area contributed by atoms with E-state index in [1.807, 2.05) is 38.2 Å². The number of para-hydroxylation sites is 1. The van der Waals surface area contributed by atoms with Gasteiger partial charge in [0, 0.05) is 25.5 Å². The Balaban J connectivity index is 1.65. The Morgan fingerprint density at radius 3 is 2.67 bits per heavy atom. The van der Waals surface area contributed by atoms with Gasteiger partial charge in [0.1, 0.15) is 11.6 Å². The molecule has 2 heterocycles. The molecule has 0 fully saturated rings. The summed E-state index contributed by atoms with van der Waals surface area (Å²) in [5, 5.41) is 7.34. The molecule has 7 heteroatoms. The van der Waals surface area contributed by atoms with Crippen molar-refractivity contribution in [3.05, 3.63) is 59.7 Å². The minimum Gasteiger partial charge on any atom is -0.349 e. The SMILES string of the molecule is Cc1nccn1CCCNC(=O)c1nc(C)n(-c2ccccc2C(C)C)n1. The minimum absolute atomic E-state index is 0.199. The van der Waals surface area contributed by atoms with Gasteiger partial charge in [-0.1, -0.05) is 32.0 Å². The zero-order chi connectivity index (χ0) is 19.4. The van der Waals surface area contributed by atoms with Crippen LogP contribution in [-0.4, -0.2) is 36.8 Å². The van der Waals surface area contributed by atoms with E-state index in [4.69, 9.17) is 0 Å². The summed E-state index contributed by atoms with van der Waals surface area (Å²) >= 11 is 0. The monoisotopic (exact) mass is 366 g/mol. The van der Waals surface area contributed by atoms with E-state index in [0.29, 0.717) is 18.3 Å². The number of imidazole rings is 1. The number of amides is 1. The summed E-state index contributed by atoms with van der Waals surface area (Å²) in [4.78, 5) is 21.0. The molecule has 1 aromatic carbocycles. The molecule has 2 aromatic heterocycles. The number of aromatic nitrogens is 5. The topological polar surface area (TPSA) is 77.6 Å². The molecule has 7 nitrogen and oxygen atoms in total. The first-order chi connectivity index (χ1) is 13.0. The molecule has 1 N–H and O–H groups in total. The molecule has 0 aliphatic heterocycles. The molecule has 0 aliphatic carbocycles. The number of carbonyl (C=O) groups excluding carboxylic acids is 1. The maximum atomic E-state index is 12.4. The van der Waals surface area contributed by atoms with Crippen LogP contribution in [0.2, 0.25) is 0 Å². The van der Waals surface area contributed by atoms with Crippen molar-refractivity contribution >= 4 is 5.91 Å². The Morgan fingerprint density at radius 2 is 1.96 bits per heavy atom. The standard InChI is InChI=1S/C20H26N6O/c1-14(2)17-8-5-6-9-18(17)26-16(4)23-19(24-26)20(27)22-10-7-12-25-13-11-21-15(25)3/h5-6,8-9,11,13-14H,7,10,12H2,1-4H3,(H,22,27). The third kappa shape index (κ3) is 4.24. The zero-order valence-corrected chi connectivity index (χ0v) is 16.3. The van der Waals surface area contributed by atoms with E-state index in [1.165, 1.54) is 5.56 Å². The van der Waals surface area contributed by atoms with E-state index >= 15 is 0 Å².